The van der Waals surface area contributed by atoms with Gasteiger partial charge in [-0.25, -0.2) is 0 Å². The van der Waals surface area contributed by atoms with Crippen LogP contribution in [0.1, 0.15) is 52.2 Å². The summed E-state index contributed by atoms with van der Waals surface area (Å²) in [6.45, 7) is 10.5. The van der Waals surface area contributed by atoms with Crippen molar-refractivity contribution >= 4 is 34.2 Å². The Labute approximate surface area is 130 Å². The molecule has 0 fully saturated rings. The third-order valence-corrected chi connectivity index (χ3v) is 3.61. The van der Waals surface area contributed by atoms with E-state index >= 15 is 0 Å². The van der Waals surface area contributed by atoms with Gasteiger partial charge in [0.05, 0.1) is 0 Å². The molecule has 1 N–H and O–H groups in total. The molecule has 19 heavy (non-hydrogen) atoms. The Hall–Kier alpha value is -0.580. The van der Waals surface area contributed by atoms with Gasteiger partial charge >= 0.3 is 0 Å². The fraction of sp³-hybridized carbons (Fsp3) is 0.562. The largest absolute Gasteiger partial charge is 0.326 e. The predicted molar refractivity (Wildman–Crippen MR) is 90.6 cm³/mol. The van der Waals surface area contributed by atoms with Gasteiger partial charge < -0.3 is 5.32 Å². The Bertz CT molecular complexity index is 435. The lowest BCUT2D eigenvalue weighted by molar-refractivity contribution is -0.117. The van der Waals surface area contributed by atoms with Gasteiger partial charge in [0.1, 0.15) is 0 Å². The molecule has 0 radical (unpaired) electrons. The lowest BCUT2D eigenvalue weighted by Crippen LogP contribution is -2.21. The molecular weight excluding hydrogens is 349 g/mol. The molecule has 0 aliphatic carbocycles. The number of rotatable bonds is 4. The second-order valence-corrected chi connectivity index (χ2v) is 7.34. The Morgan fingerprint density at radius 3 is 2.00 bits per heavy atom. The molecule has 1 amide bonds. The van der Waals surface area contributed by atoms with E-state index in [9.17, 15) is 4.79 Å². The maximum atomic E-state index is 12.1. The van der Waals surface area contributed by atoms with Crippen LogP contribution in [0.2, 0.25) is 0 Å². The molecule has 0 saturated carbocycles. The number of carbonyl (C=O) groups excluding carboxylic acids is 1. The lowest BCUT2D eigenvalue weighted by atomic mass is 9.91. The number of carbonyl (C=O) groups is 1. The molecule has 106 valence electrons. The van der Waals surface area contributed by atoms with Crippen LogP contribution in [0.15, 0.2) is 12.1 Å². The molecule has 0 spiro atoms. The van der Waals surface area contributed by atoms with Crippen LogP contribution in [0.25, 0.3) is 0 Å². The Morgan fingerprint density at radius 2 is 1.63 bits per heavy atom. The highest BCUT2D eigenvalue weighted by Gasteiger charge is 2.18. The smallest absolute Gasteiger partial charge is 0.224 e. The molecule has 3 heteroatoms. The van der Waals surface area contributed by atoms with Crippen molar-refractivity contribution in [2.24, 2.45) is 5.41 Å². The fourth-order valence-electron chi connectivity index (χ4n) is 2.11. The van der Waals surface area contributed by atoms with E-state index in [2.05, 4.69) is 74.7 Å². The summed E-state index contributed by atoms with van der Waals surface area (Å²) in [5.74, 6) is 0.109. The van der Waals surface area contributed by atoms with Crippen LogP contribution in [0.4, 0.5) is 5.69 Å². The van der Waals surface area contributed by atoms with Crippen LogP contribution in [-0.2, 0) is 17.6 Å². The standard InChI is InChI=1S/C16H24INO/c1-6-11-8-13(17)9-12(7-2)15(11)18-14(19)10-16(3,4)5/h8-9H,6-7,10H2,1-5H3,(H,18,19). The number of hydrogen-bond acceptors (Lipinski definition) is 1. The highest BCUT2D eigenvalue weighted by Crippen LogP contribution is 2.27. The van der Waals surface area contributed by atoms with Crippen molar-refractivity contribution in [2.45, 2.75) is 53.9 Å². The summed E-state index contributed by atoms with van der Waals surface area (Å²) in [7, 11) is 0. The van der Waals surface area contributed by atoms with Crippen LogP contribution < -0.4 is 5.32 Å². The molecule has 1 aromatic rings. The second kappa shape index (κ2) is 6.73. The Morgan fingerprint density at radius 1 is 1.16 bits per heavy atom. The first-order chi connectivity index (χ1) is 8.76. The van der Waals surface area contributed by atoms with Gasteiger partial charge in [-0.2, -0.15) is 0 Å². The lowest BCUT2D eigenvalue weighted by Gasteiger charge is -2.20. The van der Waals surface area contributed by atoms with E-state index in [0.29, 0.717) is 6.42 Å². The molecule has 0 aliphatic heterocycles. The molecule has 0 unspecified atom stereocenters. The Balaban J connectivity index is 3.02. The molecule has 0 bridgehead atoms. The third kappa shape index (κ3) is 5.13. The van der Waals surface area contributed by atoms with Gasteiger partial charge in [0.15, 0.2) is 0 Å². The van der Waals surface area contributed by atoms with Crippen LogP contribution in [0.3, 0.4) is 0 Å². The number of nitrogens with one attached hydrogen (secondary N) is 1. The molecule has 0 aliphatic rings. The first-order valence-electron chi connectivity index (χ1n) is 6.88. The summed E-state index contributed by atoms with van der Waals surface area (Å²) >= 11 is 2.34. The minimum atomic E-state index is 0.0199. The van der Waals surface area contributed by atoms with Crippen LogP contribution >= 0.6 is 22.6 Å². The molecule has 0 saturated heterocycles. The summed E-state index contributed by atoms with van der Waals surface area (Å²) in [5, 5.41) is 3.12. The average molecular weight is 373 g/mol. The molecule has 2 nitrogen and oxygen atoms in total. The van der Waals surface area contributed by atoms with Crippen molar-refractivity contribution < 1.29 is 4.79 Å². The summed E-state index contributed by atoms with van der Waals surface area (Å²) in [6, 6.07) is 4.32. The van der Waals surface area contributed by atoms with Crippen molar-refractivity contribution in [2.75, 3.05) is 5.32 Å². The van der Waals surface area contributed by atoms with Crippen molar-refractivity contribution in [1.82, 2.24) is 0 Å². The molecule has 1 aromatic carbocycles. The summed E-state index contributed by atoms with van der Waals surface area (Å²) in [6.07, 6.45) is 2.43. The predicted octanol–water partition coefficient (Wildman–Crippen LogP) is 4.79. The van der Waals surface area contributed by atoms with E-state index in [1.54, 1.807) is 0 Å². The first kappa shape index (κ1) is 16.5. The highest BCUT2D eigenvalue weighted by molar-refractivity contribution is 14.1. The van der Waals surface area contributed by atoms with Gasteiger partial charge in [0.25, 0.3) is 0 Å². The minimum Gasteiger partial charge on any atom is -0.326 e. The minimum absolute atomic E-state index is 0.0199. The van der Waals surface area contributed by atoms with E-state index in [4.69, 9.17) is 0 Å². The maximum Gasteiger partial charge on any atom is 0.224 e. The van der Waals surface area contributed by atoms with Gasteiger partial charge in [-0.3, -0.25) is 4.79 Å². The molecule has 0 aromatic heterocycles. The normalized spacial score (nSPS) is 11.5. The number of aryl methyl sites for hydroxylation is 2. The van der Waals surface area contributed by atoms with Crippen LogP contribution in [-0.4, -0.2) is 5.91 Å². The van der Waals surface area contributed by atoms with Crippen LogP contribution in [0.5, 0.6) is 0 Å². The third-order valence-electron chi connectivity index (χ3n) is 2.98. The van der Waals surface area contributed by atoms with E-state index in [1.807, 2.05) is 0 Å². The van der Waals surface area contributed by atoms with Crippen molar-refractivity contribution in [1.29, 1.82) is 0 Å². The zero-order valence-electron chi connectivity index (χ0n) is 12.6. The second-order valence-electron chi connectivity index (χ2n) is 6.09. The van der Waals surface area contributed by atoms with Crippen molar-refractivity contribution in [3.63, 3.8) is 0 Å². The van der Waals surface area contributed by atoms with Gasteiger partial charge in [0, 0.05) is 15.7 Å². The van der Waals surface area contributed by atoms with E-state index < -0.39 is 0 Å². The quantitative estimate of drug-likeness (QED) is 0.756. The Kier molecular flexibility index (Phi) is 5.83. The van der Waals surface area contributed by atoms with Gasteiger partial charge in [-0.05, 0) is 64.1 Å². The summed E-state index contributed by atoms with van der Waals surface area (Å²) in [4.78, 5) is 12.1. The van der Waals surface area contributed by atoms with E-state index in [1.165, 1.54) is 14.7 Å². The summed E-state index contributed by atoms with van der Waals surface area (Å²) < 4.78 is 1.24. The number of amides is 1. The zero-order chi connectivity index (χ0) is 14.6. The topological polar surface area (TPSA) is 29.1 Å². The van der Waals surface area contributed by atoms with E-state index in [0.717, 1.165) is 18.5 Å². The molecule has 0 atom stereocenters. The van der Waals surface area contributed by atoms with Crippen molar-refractivity contribution in [3.05, 3.63) is 26.8 Å². The van der Waals surface area contributed by atoms with Gasteiger partial charge in [-0.1, -0.05) is 34.6 Å². The number of anilines is 1. The highest BCUT2D eigenvalue weighted by atomic mass is 127. The first-order valence-corrected chi connectivity index (χ1v) is 7.95. The number of benzene rings is 1. The van der Waals surface area contributed by atoms with Gasteiger partial charge in [-0.15, -0.1) is 0 Å². The molecule has 1 rings (SSSR count). The molecule has 0 heterocycles. The molecular formula is C16H24INO. The zero-order valence-corrected chi connectivity index (χ0v) is 14.7. The monoisotopic (exact) mass is 373 g/mol. The fourth-order valence-corrected chi connectivity index (χ4v) is 2.86. The SMILES string of the molecule is CCc1cc(I)cc(CC)c1NC(=O)CC(C)(C)C. The summed E-state index contributed by atoms with van der Waals surface area (Å²) in [5.41, 5.74) is 3.50. The average Bonchev–Trinajstić information content (AvgIpc) is 2.28. The maximum absolute atomic E-state index is 12.1. The van der Waals surface area contributed by atoms with E-state index in [-0.39, 0.29) is 11.3 Å². The number of halogens is 1. The van der Waals surface area contributed by atoms with Crippen LogP contribution in [0, 0.1) is 8.99 Å². The van der Waals surface area contributed by atoms with Crippen molar-refractivity contribution in [3.8, 4) is 0 Å². The number of hydrogen-bond donors (Lipinski definition) is 1. The van der Waals surface area contributed by atoms with Gasteiger partial charge in [0.2, 0.25) is 5.91 Å².